The maximum Gasteiger partial charge on any atom is 0.147 e. The van der Waals surface area contributed by atoms with Gasteiger partial charge in [0.25, 0.3) is 0 Å². The number of halogens is 1. The van der Waals surface area contributed by atoms with Gasteiger partial charge in [-0.2, -0.15) is 10.2 Å². The summed E-state index contributed by atoms with van der Waals surface area (Å²) < 4.78 is 2.78. The predicted octanol–water partition coefficient (Wildman–Crippen LogP) is 1.000. The minimum atomic E-state index is -0.0330. The summed E-state index contributed by atoms with van der Waals surface area (Å²) >= 11 is 3.49. The fourth-order valence-electron chi connectivity index (χ4n) is 1.63. The largest absolute Gasteiger partial charge is 0.303 e. The van der Waals surface area contributed by atoms with Crippen LogP contribution >= 0.6 is 15.9 Å². The molecule has 0 saturated heterocycles. The second-order valence-corrected chi connectivity index (χ2v) is 4.22. The Balaban J connectivity index is 2.40. The minimum absolute atomic E-state index is 0.0330. The lowest BCUT2D eigenvalue weighted by Gasteiger charge is -2.16. The fraction of sp³-hybridized carbons (Fsp3) is 0.444. The van der Waals surface area contributed by atoms with Gasteiger partial charge in [0.2, 0.25) is 0 Å². The zero-order chi connectivity index (χ0) is 11.5. The number of rotatable bonds is 4. The van der Waals surface area contributed by atoms with Crippen LogP contribution in [0.4, 0.5) is 0 Å². The first-order valence-electron chi connectivity index (χ1n) is 5.00. The van der Waals surface area contributed by atoms with E-state index in [1.165, 1.54) is 6.33 Å². The van der Waals surface area contributed by atoms with Gasteiger partial charge in [-0.3, -0.25) is 9.78 Å². The van der Waals surface area contributed by atoms with Crippen molar-refractivity contribution in [1.82, 2.24) is 30.3 Å². The molecule has 6 nitrogen and oxygen atoms in total. The molecule has 0 aliphatic rings. The lowest BCUT2D eigenvalue weighted by Crippen LogP contribution is -2.25. The van der Waals surface area contributed by atoms with E-state index < -0.39 is 0 Å². The Hall–Kier alpha value is -1.21. The van der Waals surface area contributed by atoms with E-state index in [1.54, 1.807) is 6.20 Å². The zero-order valence-electron chi connectivity index (χ0n) is 9.11. The molecule has 0 amide bonds. The molecule has 0 aliphatic heterocycles. The summed E-state index contributed by atoms with van der Waals surface area (Å²) in [6.07, 6.45) is 3.28. The van der Waals surface area contributed by atoms with E-state index >= 15 is 0 Å². The van der Waals surface area contributed by atoms with E-state index in [2.05, 4.69) is 41.5 Å². The highest BCUT2D eigenvalue weighted by Gasteiger charge is 2.22. The van der Waals surface area contributed by atoms with E-state index in [0.29, 0.717) is 0 Å². The summed E-state index contributed by atoms with van der Waals surface area (Å²) in [5.41, 5.74) is 1.03. The molecular weight excluding hydrogens is 272 g/mol. The van der Waals surface area contributed by atoms with Gasteiger partial charge in [0.05, 0.1) is 16.4 Å². The first kappa shape index (κ1) is 11.3. The summed E-state index contributed by atoms with van der Waals surface area (Å²) in [5.74, 6) is 0.783. The average Bonchev–Trinajstić information content (AvgIpc) is 2.87. The summed E-state index contributed by atoms with van der Waals surface area (Å²) in [5, 5.41) is 14.3. The molecule has 0 bridgehead atoms. The molecule has 0 saturated carbocycles. The van der Waals surface area contributed by atoms with Crippen molar-refractivity contribution < 1.29 is 0 Å². The average molecular weight is 285 g/mol. The number of nitrogens with one attached hydrogen (secondary N) is 2. The van der Waals surface area contributed by atoms with Gasteiger partial charge in [0.1, 0.15) is 18.2 Å². The molecule has 0 aliphatic carbocycles. The quantitative estimate of drug-likeness (QED) is 0.879. The molecule has 2 aromatic heterocycles. The highest BCUT2D eigenvalue weighted by Crippen LogP contribution is 2.25. The number of hydrogen-bond donors (Lipinski definition) is 2. The van der Waals surface area contributed by atoms with Gasteiger partial charge in [-0.05, 0) is 22.5 Å². The van der Waals surface area contributed by atoms with Gasteiger partial charge in [-0.25, -0.2) is 4.98 Å². The molecule has 0 aromatic carbocycles. The van der Waals surface area contributed by atoms with Crippen LogP contribution in [0.5, 0.6) is 0 Å². The van der Waals surface area contributed by atoms with E-state index in [0.717, 1.165) is 22.5 Å². The van der Waals surface area contributed by atoms with E-state index in [-0.39, 0.29) is 6.04 Å². The molecule has 1 unspecified atom stereocenters. The van der Waals surface area contributed by atoms with Crippen LogP contribution in [0.25, 0.3) is 0 Å². The van der Waals surface area contributed by atoms with E-state index in [1.807, 2.05) is 18.7 Å². The van der Waals surface area contributed by atoms with Crippen molar-refractivity contribution in [3.05, 3.63) is 28.5 Å². The van der Waals surface area contributed by atoms with Gasteiger partial charge in [-0.1, -0.05) is 6.92 Å². The first-order chi connectivity index (χ1) is 7.74. The number of nitrogens with zero attached hydrogens (tertiary/aromatic N) is 4. The number of aromatic nitrogens is 5. The van der Waals surface area contributed by atoms with Crippen LogP contribution in [0.15, 0.2) is 17.0 Å². The van der Waals surface area contributed by atoms with Crippen molar-refractivity contribution in [2.24, 2.45) is 7.05 Å². The van der Waals surface area contributed by atoms with Crippen LogP contribution < -0.4 is 5.32 Å². The molecule has 0 radical (unpaired) electrons. The lowest BCUT2D eigenvalue weighted by atomic mass is 10.2. The van der Waals surface area contributed by atoms with Crippen molar-refractivity contribution in [3.63, 3.8) is 0 Å². The predicted molar refractivity (Wildman–Crippen MR) is 62.8 cm³/mol. The number of aryl methyl sites for hydroxylation is 1. The van der Waals surface area contributed by atoms with Crippen molar-refractivity contribution >= 4 is 15.9 Å². The normalized spacial score (nSPS) is 12.9. The van der Waals surface area contributed by atoms with Crippen LogP contribution in [0, 0.1) is 0 Å². The third-order valence-corrected chi connectivity index (χ3v) is 2.94. The zero-order valence-corrected chi connectivity index (χ0v) is 10.7. The number of hydrogen-bond acceptors (Lipinski definition) is 4. The minimum Gasteiger partial charge on any atom is -0.303 e. The van der Waals surface area contributed by atoms with Crippen LogP contribution in [0.1, 0.15) is 24.5 Å². The Kier molecular flexibility index (Phi) is 3.35. The van der Waals surface area contributed by atoms with Gasteiger partial charge in [0, 0.05) is 7.05 Å². The van der Waals surface area contributed by atoms with Crippen molar-refractivity contribution in [2.75, 3.05) is 6.54 Å². The maximum absolute atomic E-state index is 4.20. The molecule has 2 N–H and O–H groups in total. The molecule has 0 spiro atoms. The first-order valence-corrected chi connectivity index (χ1v) is 5.79. The van der Waals surface area contributed by atoms with Crippen LogP contribution in [-0.4, -0.2) is 31.5 Å². The third-order valence-electron chi connectivity index (χ3n) is 2.33. The summed E-state index contributed by atoms with van der Waals surface area (Å²) in [7, 11) is 1.90. The van der Waals surface area contributed by atoms with Crippen LogP contribution in [-0.2, 0) is 7.05 Å². The molecule has 2 aromatic rings. The summed E-state index contributed by atoms with van der Waals surface area (Å²) in [6.45, 7) is 2.89. The second-order valence-electron chi connectivity index (χ2n) is 3.36. The van der Waals surface area contributed by atoms with Crippen molar-refractivity contribution in [1.29, 1.82) is 0 Å². The fourth-order valence-corrected chi connectivity index (χ4v) is 2.20. The van der Waals surface area contributed by atoms with Crippen molar-refractivity contribution in [3.8, 4) is 0 Å². The Labute approximate surface area is 102 Å². The molecule has 7 heteroatoms. The SMILES string of the molecule is CCNC(c1ncn[nH]1)c1c(Br)cnn1C. The Bertz CT molecular complexity index is 429. The highest BCUT2D eigenvalue weighted by atomic mass is 79.9. The second kappa shape index (κ2) is 4.75. The van der Waals surface area contributed by atoms with Gasteiger partial charge >= 0.3 is 0 Å². The Morgan fingerprint density at radius 1 is 1.62 bits per heavy atom. The number of aromatic amines is 1. The van der Waals surface area contributed by atoms with Crippen molar-refractivity contribution in [2.45, 2.75) is 13.0 Å². The number of H-pyrrole nitrogens is 1. The Morgan fingerprint density at radius 2 is 2.44 bits per heavy atom. The molecule has 86 valence electrons. The molecule has 16 heavy (non-hydrogen) atoms. The Morgan fingerprint density at radius 3 is 2.94 bits per heavy atom. The molecule has 0 fully saturated rings. The topological polar surface area (TPSA) is 71.4 Å². The highest BCUT2D eigenvalue weighted by molar-refractivity contribution is 9.10. The summed E-state index contributed by atoms with van der Waals surface area (Å²) in [4.78, 5) is 4.18. The monoisotopic (exact) mass is 284 g/mol. The van der Waals surface area contributed by atoms with E-state index in [9.17, 15) is 0 Å². The van der Waals surface area contributed by atoms with Gasteiger partial charge < -0.3 is 5.32 Å². The molecule has 1 atom stereocenters. The van der Waals surface area contributed by atoms with Crippen LogP contribution in [0.3, 0.4) is 0 Å². The van der Waals surface area contributed by atoms with E-state index in [4.69, 9.17) is 0 Å². The smallest absolute Gasteiger partial charge is 0.147 e. The third kappa shape index (κ3) is 2.00. The molecular formula is C9H13BrN6. The maximum atomic E-state index is 4.20. The van der Waals surface area contributed by atoms with Gasteiger partial charge in [-0.15, -0.1) is 0 Å². The lowest BCUT2D eigenvalue weighted by molar-refractivity contribution is 0.548. The standard InChI is InChI=1S/C9H13BrN6/c1-3-11-7(9-12-5-13-15-9)8-6(10)4-14-16(8)2/h4-5,7,11H,3H2,1-2H3,(H,12,13,15). The van der Waals surface area contributed by atoms with Crippen LogP contribution in [0.2, 0.25) is 0 Å². The van der Waals surface area contributed by atoms with Gasteiger partial charge in [0.15, 0.2) is 0 Å². The molecule has 2 rings (SSSR count). The molecule has 2 heterocycles. The summed E-state index contributed by atoms with van der Waals surface area (Å²) in [6, 6.07) is -0.0330.